The minimum atomic E-state index is -0.347. The first-order valence-electron chi connectivity index (χ1n) is 9.18. The van der Waals surface area contributed by atoms with Crippen LogP contribution in [0.15, 0.2) is 24.3 Å². The Balaban J connectivity index is 1.59. The molecule has 2 aliphatic rings. The third kappa shape index (κ3) is 4.94. The Bertz CT molecular complexity index is 552. The molecule has 25 heavy (non-hydrogen) atoms. The van der Waals surface area contributed by atoms with Gasteiger partial charge in [-0.1, -0.05) is 23.7 Å². The van der Waals surface area contributed by atoms with Crippen molar-refractivity contribution in [2.75, 3.05) is 52.9 Å². The van der Waals surface area contributed by atoms with Gasteiger partial charge in [0.2, 0.25) is 0 Å². The third-order valence-corrected chi connectivity index (χ3v) is 5.55. The van der Waals surface area contributed by atoms with Gasteiger partial charge in [0.15, 0.2) is 0 Å². The summed E-state index contributed by atoms with van der Waals surface area (Å²) in [5.74, 6) is 0.556. The van der Waals surface area contributed by atoms with E-state index in [-0.39, 0.29) is 12.0 Å². The highest BCUT2D eigenvalue weighted by Crippen LogP contribution is 2.25. The molecule has 2 heterocycles. The van der Waals surface area contributed by atoms with Gasteiger partial charge in [0.25, 0.3) is 0 Å². The monoisotopic (exact) mass is 365 g/mol. The van der Waals surface area contributed by atoms with Crippen LogP contribution in [0.2, 0.25) is 5.02 Å². The summed E-state index contributed by atoms with van der Waals surface area (Å²) in [4.78, 5) is 17.1. The van der Waals surface area contributed by atoms with E-state index in [1.54, 1.807) is 0 Å². The number of esters is 1. The molecule has 5 nitrogen and oxygen atoms in total. The molecule has 0 amide bonds. The summed E-state index contributed by atoms with van der Waals surface area (Å²) in [5.41, 5.74) is 0.946. The van der Waals surface area contributed by atoms with Gasteiger partial charge in [0, 0.05) is 37.7 Å². The van der Waals surface area contributed by atoms with Crippen LogP contribution in [0.1, 0.15) is 24.4 Å². The minimum Gasteiger partial charge on any atom is -0.468 e. The standard InChI is InChI=1S/C19H28ClN3O2/c1-25-19(24)18(16-4-6-17(20)7-5-16)23-11-9-22(10-12-23)14-15-3-2-8-21-13-15/h4-7,15,18,21H,2-3,8-14H2,1H3. The summed E-state index contributed by atoms with van der Waals surface area (Å²) >= 11 is 5.99. The predicted molar refractivity (Wildman–Crippen MR) is 99.8 cm³/mol. The molecule has 0 saturated carbocycles. The smallest absolute Gasteiger partial charge is 0.327 e. The van der Waals surface area contributed by atoms with Crippen LogP contribution in [0.25, 0.3) is 0 Å². The number of halogens is 1. The highest BCUT2D eigenvalue weighted by atomic mass is 35.5. The van der Waals surface area contributed by atoms with Gasteiger partial charge >= 0.3 is 5.97 Å². The SMILES string of the molecule is COC(=O)C(c1ccc(Cl)cc1)N1CCN(CC2CCCNC2)CC1. The van der Waals surface area contributed by atoms with Gasteiger partial charge < -0.3 is 15.0 Å². The molecule has 0 aliphatic carbocycles. The van der Waals surface area contributed by atoms with Crippen molar-refractivity contribution in [2.24, 2.45) is 5.92 Å². The van der Waals surface area contributed by atoms with Crippen molar-refractivity contribution in [1.82, 2.24) is 15.1 Å². The predicted octanol–water partition coefficient (Wildman–Crippen LogP) is 2.17. The molecule has 0 spiro atoms. The van der Waals surface area contributed by atoms with E-state index in [2.05, 4.69) is 15.1 Å². The fourth-order valence-electron chi connectivity index (χ4n) is 3.90. The lowest BCUT2D eigenvalue weighted by atomic mass is 9.98. The second kappa shape index (κ2) is 8.99. The van der Waals surface area contributed by atoms with Crippen molar-refractivity contribution in [3.05, 3.63) is 34.9 Å². The minimum absolute atomic E-state index is 0.202. The van der Waals surface area contributed by atoms with Crippen molar-refractivity contribution < 1.29 is 9.53 Å². The Morgan fingerprint density at radius 1 is 1.28 bits per heavy atom. The van der Waals surface area contributed by atoms with Gasteiger partial charge in [0.05, 0.1) is 7.11 Å². The molecule has 1 N–H and O–H groups in total. The molecular weight excluding hydrogens is 338 g/mol. The summed E-state index contributed by atoms with van der Waals surface area (Å²) in [5, 5.41) is 4.17. The molecule has 0 bridgehead atoms. The van der Waals surface area contributed by atoms with E-state index in [0.29, 0.717) is 5.02 Å². The number of ether oxygens (including phenoxy) is 1. The fourth-order valence-corrected chi connectivity index (χ4v) is 4.03. The summed E-state index contributed by atoms with van der Waals surface area (Å²) in [7, 11) is 1.46. The van der Waals surface area contributed by atoms with E-state index >= 15 is 0 Å². The number of hydrogen-bond donors (Lipinski definition) is 1. The van der Waals surface area contributed by atoms with Crippen LogP contribution in [0.3, 0.4) is 0 Å². The van der Waals surface area contributed by atoms with Crippen molar-refractivity contribution in [3.8, 4) is 0 Å². The summed E-state index contributed by atoms with van der Waals surface area (Å²) < 4.78 is 5.06. The molecule has 2 unspecified atom stereocenters. The number of rotatable bonds is 5. The zero-order valence-electron chi connectivity index (χ0n) is 14.9. The Hall–Kier alpha value is -1.14. The first-order valence-corrected chi connectivity index (χ1v) is 9.55. The molecule has 2 atom stereocenters. The molecule has 2 saturated heterocycles. The number of carbonyl (C=O) groups is 1. The van der Waals surface area contributed by atoms with Crippen LogP contribution in [0.5, 0.6) is 0 Å². The van der Waals surface area contributed by atoms with E-state index in [1.807, 2.05) is 24.3 Å². The maximum atomic E-state index is 12.4. The average Bonchev–Trinajstić information content (AvgIpc) is 2.65. The van der Waals surface area contributed by atoms with Gasteiger partial charge in [-0.25, -0.2) is 4.79 Å². The second-order valence-corrected chi connectivity index (χ2v) is 7.46. The molecule has 138 valence electrons. The van der Waals surface area contributed by atoms with Gasteiger partial charge in [-0.3, -0.25) is 4.90 Å². The first-order chi connectivity index (χ1) is 12.2. The zero-order valence-corrected chi connectivity index (χ0v) is 15.7. The number of carbonyl (C=O) groups excluding carboxylic acids is 1. The van der Waals surface area contributed by atoms with Crippen molar-refractivity contribution >= 4 is 17.6 Å². The van der Waals surface area contributed by atoms with Crippen LogP contribution < -0.4 is 5.32 Å². The zero-order chi connectivity index (χ0) is 17.6. The van der Waals surface area contributed by atoms with E-state index in [0.717, 1.165) is 57.3 Å². The fraction of sp³-hybridized carbons (Fsp3) is 0.632. The Morgan fingerprint density at radius 3 is 2.60 bits per heavy atom. The highest BCUT2D eigenvalue weighted by molar-refractivity contribution is 6.30. The number of piperidine rings is 1. The lowest BCUT2D eigenvalue weighted by Gasteiger charge is -2.40. The third-order valence-electron chi connectivity index (χ3n) is 5.30. The van der Waals surface area contributed by atoms with Crippen LogP contribution in [0, 0.1) is 5.92 Å². The number of methoxy groups -OCH3 is 1. The molecule has 2 fully saturated rings. The lowest BCUT2D eigenvalue weighted by molar-refractivity contribution is -0.148. The van der Waals surface area contributed by atoms with Crippen LogP contribution in [-0.2, 0) is 9.53 Å². The molecule has 1 aromatic rings. The molecule has 0 aromatic heterocycles. The number of nitrogens with one attached hydrogen (secondary N) is 1. The molecule has 0 radical (unpaired) electrons. The van der Waals surface area contributed by atoms with Crippen molar-refractivity contribution in [2.45, 2.75) is 18.9 Å². The van der Waals surface area contributed by atoms with E-state index in [9.17, 15) is 4.79 Å². The van der Waals surface area contributed by atoms with Crippen LogP contribution in [0.4, 0.5) is 0 Å². The first kappa shape index (κ1) is 18.6. The van der Waals surface area contributed by atoms with E-state index in [4.69, 9.17) is 16.3 Å². The van der Waals surface area contributed by atoms with Gasteiger partial charge in [0.1, 0.15) is 6.04 Å². The summed E-state index contributed by atoms with van der Waals surface area (Å²) in [6.45, 7) is 7.20. The maximum absolute atomic E-state index is 12.4. The summed E-state index contributed by atoms with van der Waals surface area (Å²) in [6, 6.07) is 7.16. The number of nitrogens with zero attached hydrogens (tertiary/aromatic N) is 2. The number of piperazine rings is 1. The summed E-state index contributed by atoms with van der Waals surface area (Å²) in [6.07, 6.45) is 2.61. The van der Waals surface area contributed by atoms with Crippen molar-refractivity contribution in [1.29, 1.82) is 0 Å². The van der Waals surface area contributed by atoms with Crippen LogP contribution >= 0.6 is 11.6 Å². The van der Waals surface area contributed by atoms with Gasteiger partial charge in [-0.2, -0.15) is 0 Å². The van der Waals surface area contributed by atoms with E-state index < -0.39 is 0 Å². The molecular formula is C19H28ClN3O2. The molecule has 1 aromatic carbocycles. The number of hydrogen-bond acceptors (Lipinski definition) is 5. The maximum Gasteiger partial charge on any atom is 0.327 e. The topological polar surface area (TPSA) is 44.8 Å². The number of benzene rings is 1. The largest absolute Gasteiger partial charge is 0.468 e. The van der Waals surface area contributed by atoms with Gasteiger partial charge in [-0.15, -0.1) is 0 Å². The molecule has 2 aliphatic heterocycles. The molecule has 6 heteroatoms. The highest BCUT2D eigenvalue weighted by Gasteiger charge is 2.31. The van der Waals surface area contributed by atoms with Crippen molar-refractivity contribution in [3.63, 3.8) is 0 Å². The Labute approximate surface area is 155 Å². The second-order valence-electron chi connectivity index (χ2n) is 7.03. The van der Waals surface area contributed by atoms with Gasteiger partial charge in [-0.05, 0) is 49.5 Å². The van der Waals surface area contributed by atoms with E-state index in [1.165, 1.54) is 20.0 Å². The Kier molecular flexibility index (Phi) is 6.70. The lowest BCUT2D eigenvalue weighted by Crippen LogP contribution is -2.51. The molecule has 3 rings (SSSR count). The normalized spacial score (nSPS) is 24.0. The quantitative estimate of drug-likeness (QED) is 0.810. The van der Waals surface area contributed by atoms with Crippen LogP contribution in [-0.4, -0.2) is 68.7 Å². The average molecular weight is 366 g/mol. The Morgan fingerprint density at radius 2 is 2.00 bits per heavy atom.